The highest BCUT2D eigenvalue weighted by molar-refractivity contribution is 7.14. The zero-order chi connectivity index (χ0) is 25.1. The molecule has 6 nitrogen and oxygen atoms in total. The van der Waals surface area contributed by atoms with Crippen molar-refractivity contribution in [1.29, 1.82) is 0 Å². The number of rotatable bonds is 6. The number of nitrogens with zero attached hydrogens (tertiary/aromatic N) is 3. The molecule has 5 rings (SSSR count). The number of carbonyl (C=O) groups excluding carboxylic acids is 1. The third-order valence-corrected chi connectivity index (χ3v) is 10.1. The zero-order valence-corrected chi connectivity index (χ0v) is 22.3. The summed E-state index contributed by atoms with van der Waals surface area (Å²) in [4.78, 5) is 14.1. The third kappa shape index (κ3) is 5.17. The fraction of sp³-hybridized carbons (Fsp3) is 0.679. The molecule has 0 atom stereocenters. The topological polar surface area (TPSA) is 64.5 Å². The second-order valence-corrected chi connectivity index (χ2v) is 11.8. The number of carbonyl (C=O) groups is 1. The van der Waals surface area contributed by atoms with Crippen LogP contribution in [0.1, 0.15) is 81.6 Å². The van der Waals surface area contributed by atoms with Gasteiger partial charge in [0.15, 0.2) is 5.01 Å². The van der Waals surface area contributed by atoms with Gasteiger partial charge in [0.25, 0.3) is 0 Å². The van der Waals surface area contributed by atoms with Crippen LogP contribution >= 0.6 is 11.3 Å². The van der Waals surface area contributed by atoms with Crippen LogP contribution in [-0.4, -0.2) is 49.1 Å². The molecule has 3 fully saturated rings. The maximum Gasteiger partial charge on any atom is 0.308 e. The zero-order valence-electron chi connectivity index (χ0n) is 21.5. The van der Waals surface area contributed by atoms with Crippen LogP contribution in [0.2, 0.25) is 0 Å². The molecule has 36 heavy (non-hydrogen) atoms. The van der Waals surface area contributed by atoms with E-state index in [0.29, 0.717) is 16.5 Å². The van der Waals surface area contributed by atoms with E-state index in [-0.39, 0.29) is 29.2 Å². The van der Waals surface area contributed by atoms with Gasteiger partial charge in [-0.05, 0) is 75.5 Å². The Morgan fingerprint density at radius 3 is 2.39 bits per heavy atom. The van der Waals surface area contributed by atoms with Crippen molar-refractivity contribution in [2.45, 2.75) is 82.1 Å². The number of anilines is 1. The molecule has 2 heterocycles. The molecule has 1 saturated heterocycles. The Bertz CT molecular complexity index is 1040. The number of methoxy groups -OCH3 is 2. The Balaban J connectivity index is 1.22. The Hall–Kier alpha value is -2.06. The summed E-state index contributed by atoms with van der Waals surface area (Å²) in [6.07, 6.45) is 11.9. The molecule has 0 bridgehead atoms. The minimum atomic E-state index is -0.250. The number of halogens is 1. The highest BCUT2D eigenvalue weighted by Gasteiger charge is 2.42. The van der Waals surface area contributed by atoms with Crippen LogP contribution in [0, 0.1) is 17.7 Å². The lowest BCUT2D eigenvalue weighted by molar-refractivity contribution is -0.146. The lowest BCUT2D eigenvalue weighted by atomic mass is 9.72. The molecule has 1 aromatic carbocycles. The van der Waals surface area contributed by atoms with E-state index < -0.39 is 0 Å². The summed E-state index contributed by atoms with van der Waals surface area (Å²) < 4.78 is 26.3. The van der Waals surface area contributed by atoms with Gasteiger partial charge in [-0.1, -0.05) is 30.6 Å². The van der Waals surface area contributed by atoms with Crippen molar-refractivity contribution in [3.8, 4) is 10.6 Å². The van der Waals surface area contributed by atoms with Crippen LogP contribution in [0.25, 0.3) is 10.6 Å². The Labute approximate surface area is 217 Å². The molecule has 2 aromatic rings. The van der Waals surface area contributed by atoms with Gasteiger partial charge in [-0.3, -0.25) is 4.79 Å². The van der Waals surface area contributed by atoms with Gasteiger partial charge >= 0.3 is 5.97 Å². The van der Waals surface area contributed by atoms with Gasteiger partial charge in [-0.15, -0.1) is 10.2 Å². The first-order valence-corrected chi connectivity index (χ1v) is 14.4. The van der Waals surface area contributed by atoms with E-state index in [9.17, 15) is 4.79 Å². The summed E-state index contributed by atoms with van der Waals surface area (Å²) in [7, 11) is 3.32. The lowest BCUT2D eigenvalue weighted by Crippen LogP contribution is -2.50. The van der Waals surface area contributed by atoms with E-state index in [4.69, 9.17) is 9.47 Å². The van der Waals surface area contributed by atoms with Gasteiger partial charge in [-0.25, -0.2) is 4.39 Å². The summed E-state index contributed by atoms with van der Waals surface area (Å²) in [5, 5.41) is 10.3. The average Bonchev–Trinajstić information content (AvgIpc) is 3.43. The van der Waals surface area contributed by atoms with Crippen LogP contribution in [0.3, 0.4) is 0 Å². The minimum Gasteiger partial charge on any atom is -0.469 e. The molecule has 0 N–H and O–H groups in total. The SMILES string of the molecule is COC(=O)[C@H]1CC[C@H](c2nnc(-c3ccc(N4CCC(OC)(C5CCCCC5)CC4)cc3F)s2)CC1. The summed E-state index contributed by atoms with van der Waals surface area (Å²) in [5.74, 6) is 0.539. The van der Waals surface area contributed by atoms with Crippen molar-refractivity contribution in [2.24, 2.45) is 11.8 Å². The standard InChI is InChI=1S/C28H38FN3O3S/c1-34-27(33)20-10-8-19(9-11-20)25-30-31-26(36-25)23-13-12-22(18-24(23)29)32-16-14-28(35-2,15-17-32)21-6-4-3-5-7-21/h12-13,18-21H,3-11,14-17H2,1-2H3/t19-,20-. The molecule has 0 unspecified atom stereocenters. The predicted molar refractivity (Wildman–Crippen MR) is 140 cm³/mol. The fourth-order valence-corrected chi connectivity index (χ4v) is 7.72. The third-order valence-electron chi connectivity index (χ3n) is 8.97. The quantitative estimate of drug-likeness (QED) is 0.417. The highest BCUT2D eigenvalue weighted by Crippen LogP contribution is 2.43. The predicted octanol–water partition coefficient (Wildman–Crippen LogP) is 6.36. The van der Waals surface area contributed by atoms with E-state index in [2.05, 4.69) is 15.1 Å². The van der Waals surface area contributed by atoms with Crippen molar-refractivity contribution in [1.82, 2.24) is 10.2 Å². The van der Waals surface area contributed by atoms with Crippen LogP contribution in [0.4, 0.5) is 10.1 Å². The van der Waals surface area contributed by atoms with Gasteiger partial charge in [0.05, 0.1) is 18.6 Å². The van der Waals surface area contributed by atoms with Crippen LogP contribution in [-0.2, 0) is 14.3 Å². The van der Waals surface area contributed by atoms with Crippen molar-refractivity contribution >= 4 is 23.0 Å². The smallest absolute Gasteiger partial charge is 0.308 e. The fourth-order valence-electron chi connectivity index (χ4n) is 6.68. The van der Waals surface area contributed by atoms with Crippen LogP contribution in [0.15, 0.2) is 18.2 Å². The molecular weight excluding hydrogens is 477 g/mol. The van der Waals surface area contributed by atoms with E-state index in [1.165, 1.54) is 50.6 Å². The maximum atomic E-state index is 15.3. The number of benzene rings is 1. The van der Waals surface area contributed by atoms with E-state index in [0.717, 1.165) is 62.3 Å². The normalized spacial score (nSPS) is 25.0. The first-order valence-electron chi connectivity index (χ1n) is 13.5. The molecule has 0 radical (unpaired) electrons. The summed E-state index contributed by atoms with van der Waals surface area (Å²) in [6, 6.07) is 5.52. The Morgan fingerprint density at radius 1 is 1.03 bits per heavy atom. The molecular formula is C28H38FN3O3S. The summed E-state index contributed by atoms with van der Waals surface area (Å²) in [6.45, 7) is 1.78. The van der Waals surface area contributed by atoms with Crippen molar-refractivity contribution < 1.29 is 18.7 Å². The van der Waals surface area contributed by atoms with Gasteiger partial charge in [0.2, 0.25) is 0 Å². The first kappa shape index (κ1) is 25.6. The summed E-state index contributed by atoms with van der Waals surface area (Å²) >= 11 is 1.47. The molecule has 2 aliphatic carbocycles. The molecule has 1 aliphatic heterocycles. The van der Waals surface area contributed by atoms with Gasteiger partial charge in [0, 0.05) is 37.4 Å². The van der Waals surface area contributed by atoms with Gasteiger partial charge in [0.1, 0.15) is 10.8 Å². The Kier molecular flexibility index (Phi) is 7.91. The van der Waals surface area contributed by atoms with Crippen LogP contribution < -0.4 is 4.90 Å². The van der Waals surface area contributed by atoms with E-state index >= 15 is 4.39 Å². The number of esters is 1. The molecule has 8 heteroatoms. The van der Waals surface area contributed by atoms with E-state index in [1.807, 2.05) is 19.2 Å². The first-order chi connectivity index (χ1) is 17.5. The maximum absolute atomic E-state index is 15.3. The number of aromatic nitrogens is 2. The van der Waals surface area contributed by atoms with Crippen molar-refractivity contribution in [3.63, 3.8) is 0 Å². The Morgan fingerprint density at radius 2 is 1.75 bits per heavy atom. The van der Waals surface area contributed by atoms with Crippen molar-refractivity contribution in [2.75, 3.05) is 32.2 Å². The monoisotopic (exact) mass is 515 g/mol. The second kappa shape index (κ2) is 11.1. The molecule has 3 aliphatic rings. The molecule has 196 valence electrons. The lowest BCUT2D eigenvalue weighted by Gasteiger charge is -2.47. The largest absolute Gasteiger partial charge is 0.469 e. The summed E-state index contributed by atoms with van der Waals surface area (Å²) in [5.41, 5.74) is 1.42. The molecule has 1 aromatic heterocycles. The number of hydrogen-bond donors (Lipinski definition) is 0. The molecule has 0 amide bonds. The number of hydrogen-bond acceptors (Lipinski definition) is 7. The van der Waals surface area contributed by atoms with Crippen molar-refractivity contribution in [3.05, 3.63) is 29.0 Å². The molecule has 2 saturated carbocycles. The second-order valence-electron chi connectivity index (χ2n) is 10.8. The minimum absolute atomic E-state index is 0.0184. The highest BCUT2D eigenvalue weighted by atomic mass is 32.1. The van der Waals surface area contributed by atoms with E-state index in [1.54, 1.807) is 6.07 Å². The number of piperidine rings is 1. The average molecular weight is 516 g/mol. The van der Waals surface area contributed by atoms with Gasteiger partial charge in [-0.2, -0.15) is 0 Å². The van der Waals surface area contributed by atoms with Crippen LogP contribution in [0.5, 0.6) is 0 Å². The number of ether oxygens (including phenoxy) is 2. The van der Waals surface area contributed by atoms with Gasteiger partial charge < -0.3 is 14.4 Å². The molecule has 0 spiro atoms.